The van der Waals surface area contributed by atoms with Crippen LogP contribution in [0.25, 0.3) is 0 Å². The molecule has 1 aromatic carbocycles. The lowest BCUT2D eigenvalue weighted by molar-refractivity contribution is 0.0950. The summed E-state index contributed by atoms with van der Waals surface area (Å²) in [6.45, 7) is 1.74. The number of hydrogen-bond acceptors (Lipinski definition) is 3. The number of benzene rings is 1. The number of halogens is 1. The van der Waals surface area contributed by atoms with Crippen LogP contribution in [-0.2, 0) is 0 Å². The largest absolute Gasteiger partial charge is 0.291 e. The number of amides is 1. The molecular weight excluding hydrogens is 271 g/mol. The van der Waals surface area contributed by atoms with Crippen molar-refractivity contribution in [3.05, 3.63) is 53.1 Å². The molecule has 1 amide bonds. The van der Waals surface area contributed by atoms with Crippen LogP contribution in [0.2, 0.25) is 0 Å². The Kier molecular flexibility index (Phi) is 3.51. The van der Waals surface area contributed by atoms with Crippen molar-refractivity contribution >= 4 is 11.6 Å². The average molecular weight is 286 g/mol. The molecule has 0 aliphatic heterocycles. The molecule has 1 fully saturated rings. The maximum absolute atomic E-state index is 12.8. The average Bonchev–Trinajstić information content (AvgIpc) is 3.22. The smallest absolute Gasteiger partial charge is 0.281 e. The van der Waals surface area contributed by atoms with Crippen LogP contribution in [-0.4, -0.2) is 21.8 Å². The van der Waals surface area contributed by atoms with Gasteiger partial charge in [0.25, 0.3) is 5.91 Å². The molecule has 0 saturated heterocycles. The van der Waals surface area contributed by atoms with Gasteiger partial charge in [-0.3, -0.25) is 9.89 Å². The lowest BCUT2D eigenvalue weighted by atomic mass is 10.1. The summed E-state index contributed by atoms with van der Waals surface area (Å²) in [5.41, 5.74) is 5.13. The highest BCUT2D eigenvalue weighted by atomic mass is 19.1. The number of rotatable bonds is 4. The van der Waals surface area contributed by atoms with Gasteiger partial charge < -0.3 is 0 Å². The Morgan fingerprint density at radius 2 is 2.10 bits per heavy atom. The number of H-pyrrole nitrogens is 1. The molecule has 1 aliphatic rings. The molecule has 0 unspecified atom stereocenters. The summed E-state index contributed by atoms with van der Waals surface area (Å²) in [6.07, 6.45) is 2.29. The van der Waals surface area contributed by atoms with Gasteiger partial charge in [0.15, 0.2) is 5.69 Å². The summed E-state index contributed by atoms with van der Waals surface area (Å²) in [7, 11) is 0. The fourth-order valence-electron chi connectivity index (χ4n) is 2.00. The second-order valence-corrected chi connectivity index (χ2v) is 5.13. The second kappa shape index (κ2) is 5.47. The Balaban J connectivity index is 1.65. The zero-order chi connectivity index (χ0) is 14.8. The first-order valence-electron chi connectivity index (χ1n) is 6.79. The predicted octanol–water partition coefficient (Wildman–Crippen LogP) is 2.58. The van der Waals surface area contributed by atoms with Crippen molar-refractivity contribution in [1.29, 1.82) is 0 Å². The van der Waals surface area contributed by atoms with E-state index in [-0.39, 0.29) is 11.7 Å². The number of nitrogens with zero attached hydrogens (tertiary/aromatic N) is 2. The van der Waals surface area contributed by atoms with Gasteiger partial charge in [-0.2, -0.15) is 10.2 Å². The molecular formula is C15H15FN4O. The van der Waals surface area contributed by atoms with Crippen LogP contribution in [0.15, 0.2) is 35.4 Å². The van der Waals surface area contributed by atoms with E-state index < -0.39 is 0 Å². The minimum Gasteiger partial charge on any atom is -0.281 e. The van der Waals surface area contributed by atoms with Crippen LogP contribution in [0.4, 0.5) is 4.39 Å². The van der Waals surface area contributed by atoms with Gasteiger partial charge in [-0.05, 0) is 43.5 Å². The molecule has 6 heteroatoms. The van der Waals surface area contributed by atoms with Crippen molar-refractivity contribution in [2.24, 2.45) is 5.10 Å². The number of aromatic amines is 1. The fourth-order valence-corrected chi connectivity index (χ4v) is 2.00. The second-order valence-electron chi connectivity index (χ2n) is 5.13. The number of carbonyl (C=O) groups excluding carboxylic acids is 1. The third-order valence-electron chi connectivity index (χ3n) is 3.43. The van der Waals surface area contributed by atoms with Crippen LogP contribution in [0.3, 0.4) is 0 Å². The van der Waals surface area contributed by atoms with E-state index in [2.05, 4.69) is 20.7 Å². The zero-order valence-electron chi connectivity index (χ0n) is 11.6. The van der Waals surface area contributed by atoms with E-state index in [0.717, 1.165) is 24.1 Å². The Bertz CT molecular complexity index is 686. The Morgan fingerprint density at radius 1 is 1.38 bits per heavy atom. The van der Waals surface area contributed by atoms with Crippen LogP contribution in [0.1, 0.15) is 47.4 Å². The standard InChI is InChI=1S/C15H15FN4O/c1-9(10-4-6-12(16)7-5-10)17-20-15(21)14-8-13(18-19-14)11-2-3-11/h4-8,11H,2-3H2,1H3,(H,18,19)(H,20,21)/b17-9-. The topological polar surface area (TPSA) is 70.1 Å². The van der Waals surface area contributed by atoms with Gasteiger partial charge in [-0.1, -0.05) is 12.1 Å². The minimum absolute atomic E-state index is 0.306. The molecule has 108 valence electrons. The number of hydrogen-bond donors (Lipinski definition) is 2. The maximum atomic E-state index is 12.8. The molecule has 2 N–H and O–H groups in total. The first-order valence-corrected chi connectivity index (χ1v) is 6.79. The molecule has 2 aromatic rings. The SMILES string of the molecule is C/C(=N/NC(=O)c1cc(C2CC2)[nH]n1)c1ccc(F)cc1. The normalized spacial score (nSPS) is 15.0. The quantitative estimate of drug-likeness (QED) is 0.670. The highest BCUT2D eigenvalue weighted by Gasteiger charge is 2.26. The Morgan fingerprint density at radius 3 is 2.76 bits per heavy atom. The van der Waals surface area contributed by atoms with E-state index in [4.69, 9.17) is 0 Å². The molecule has 5 nitrogen and oxygen atoms in total. The van der Waals surface area contributed by atoms with Crippen molar-refractivity contribution in [1.82, 2.24) is 15.6 Å². The predicted molar refractivity (Wildman–Crippen MR) is 76.6 cm³/mol. The highest BCUT2D eigenvalue weighted by Crippen LogP contribution is 2.38. The van der Waals surface area contributed by atoms with Crippen molar-refractivity contribution in [2.75, 3.05) is 0 Å². The van der Waals surface area contributed by atoms with Crippen molar-refractivity contribution < 1.29 is 9.18 Å². The van der Waals surface area contributed by atoms with Gasteiger partial charge >= 0.3 is 0 Å². The number of hydrazone groups is 1. The van der Waals surface area contributed by atoms with Gasteiger partial charge in [0, 0.05) is 11.6 Å². The molecule has 3 rings (SSSR count). The molecule has 0 bridgehead atoms. The minimum atomic E-state index is -0.361. The van der Waals surface area contributed by atoms with Crippen LogP contribution in [0.5, 0.6) is 0 Å². The first-order chi connectivity index (χ1) is 10.1. The third kappa shape index (κ3) is 3.16. The number of aromatic nitrogens is 2. The maximum Gasteiger partial charge on any atom is 0.291 e. The van der Waals surface area contributed by atoms with E-state index in [9.17, 15) is 9.18 Å². The van der Waals surface area contributed by atoms with E-state index in [1.54, 1.807) is 25.1 Å². The van der Waals surface area contributed by atoms with Crippen molar-refractivity contribution in [2.45, 2.75) is 25.7 Å². The summed E-state index contributed by atoms with van der Waals surface area (Å²) < 4.78 is 12.8. The zero-order valence-corrected chi connectivity index (χ0v) is 11.6. The van der Waals surface area contributed by atoms with Gasteiger partial charge in [-0.15, -0.1) is 0 Å². The van der Waals surface area contributed by atoms with E-state index in [1.165, 1.54) is 12.1 Å². The summed E-state index contributed by atoms with van der Waals surface area (Å²) in [4.78, 5) is 11.9. The van der Waals surface area contributed by atoms with E-state index in [0.29, 0.717) is 17.3 Å². The number of nitrogens with one attached hydrogen (secondary N) is 2. The van der Waals surface area contributed by atoms with E-state index >= 15 is 0 Å². The molecule has 21 heavy (non-hydrogen) atoms. The molecule has 1 heterocycles. The molecule has 1 saturated carbocycles. The summed E-state index contributed by atoms with van der Waals surface area (Å²) in [5, 5.41) is 10.9. The Labute approximate surface area is 121 Å². The fraction of sp³-hybridized carbons (Fsp3) is 0.267. The molecule has 0 atom stereocenters. The van der Waals surface area contributed by atoms with Gasteiger partial charge in [0.2, 0.25) is 0 Å². The lowest BCUT2D eigenvalue weighted by Crippen LogP contribution is -2.19. The number of carbonyl (C=O) groups is 1. The highest BCUT2D eigenvalue weighted by molar-refractivity contribution is 6.00. The third-order valence-corrected chi connectivity index (χ3v) is 3.43. The van der Waals surface area contributed by atoms with E-state index in [1.807, 2.05) is 0 Å². The monoisotopic (exact) mass is 286 g/mol. The summed E-state index contributed by atoms with van der Waals surface area (Å²) >= 11 is 0. The Hall–Kier alpha value is -2.50. The molecule has 1 aliphatic carbocycles. The molecule has 0 spiro atoms. The van der Waals surface area contributed by atoms with Crippen molar-refractivity contribution in [3.8, 4) is 0 Å². The molecule has 1 aromatic heterocycles. The van der Waals surface area contributed by atoms with Gasteiger partial charge in [0.1, 0.15) is 5.82 Å². The first kappa shape index (κ1) is 13.5. The molecule has 0 radical (unpaired) electrons. The summed E-state index contributed by atoms with van der Waals surface area (Å²) in [5.74, 6) is -0.150. The van der Waals surface area contributed by atoms with Crippen molar-refractivity contribution in [3.63, 3.8) is 0 Å². The van der Waals surface area contributed by atoms with Gasteiger partial charge in [-0.25, -0.2) is 9.82 Å². The summed E-state index contributed by atoms with van der Waals surface area (Å²) in [6, 6.07) is 7.69. The lowest BCUT2D eigenvalue weighted by Gasteiger charge is -2.01. The van der Waals surface area contributed by atoms with Gasteiger partial charge in [0.05, 0.1) is 5.71 Å². The van der Waals surface area contributed by atoms with Crippen LogP contribution in [0, 0.1) is 5.82 Å². The van der Waals surface area contributed by atoms with Crippen LogP contribution >= 0.6 is 0 Å². The van der Waals surface area contributed by atoms with Crippen LogP contribution < -0.4 is 5.43 Å².